The topological polar surface area (TPSA) is 146 Å². The van der Waals surface area contributed by atoms with Gasteiger partial charge in [-0.2, -0.15) is 0 Å². The van der Waals surface area contributed by atoms with Crippen LogP contribution in [0, 0.1) is 27.2 Å². The third-order valence-corrected chi connectivity index (χ3v) is 6.03. The minimum Gasteiger partial charge on any atom is -0.297 e. The first-order valence-corrected chi connectivity index (χ1v) is 9.61. The van der Waals surface area contributed by atoms with Crippen molar-refractivity contribution in [3.05, 3.63) is 67.5 Å². The molecule has 0 atom stereocenters. The van der Waals surface area contributed by atoms with Crippen molar-refractivity contribution in [2.45, 2.75) is 6.92 Å². The monoisotopic (exact) mass is 430 g/mol. The van der Waals surface area contributed by atoms with Crippen LogP contribution in [0.4, 0.5) is 15.8 Å². The van der Waals surface area contributed by atoms with Crippen molar-refractivity contribution < 1.29 is 14.6 Å². The number of hydrogen-bond donors (Lipinski definition) is 1. The highest BCUT2D eigenvalue weighted by Gasteiger charge is 2.21. The summed E-state index contributed by atoms with van der Waals surface area (Å²) in [6.07, 6.45) is 2.78. The van der Waals surface area contributed by atoms with E-state index < -0.39 is 15.8 Å². The quantitative estimate of drug-likeness (QED) is 0.373. The smallest absolute Gasteiger partial charge is 0.297 e. The molecule has 4 rings (SSSR count). The normalized spacial score (nSPS) is 10.9. The highest BCUT2D eigenvalue weighted by Crippen LogP contribution is 2.30. The Hall–Kier alpha value is -3.71. The van der Waals surface area contributed by atoms with E-state index in [1.54, 1.807) is 29.7 Å². The molecular formula is C16H10N6O5S2. The van der Waals surface area contributed by atoms with E-state index >= 15 is 0 Å². The van der Waals surface area contributed by atoms with Gasteiger partial charge in [-0.3, -0.25) is 34.7 Å². The fraction of sp³-hybridized carbons (Fsp3) is 0.0625. The molecule has 0 unspecified atom stereocenters. The maximum atomic E-state index is 12.5. The molecule has 0 fully saturated rings. The largest absolute Gasteiger partial charge is 0.345 e. The maximum Gasteiger partial charge on any atom is 0.345 e. The summed E-state index contributed by atoms with van der Waals surface area (Å²) in [7, 11) is 0. The van der Waals surface area contributed by atoms with Crippen LogP contribution in [0.5, 0.6) is 0 Å². The van der Waals surface area contributed by atoms with Gasteiger partial charge in [0.2, 0.25) is 0 Å². The summed E-state index contributed by atoms with van der Waals surface area (Å²) < 4.78 is 1.72. The van der Waals surface area contributed by atoms with Crippen molar-refractivity contribution in [3.8, 4) is 11.3 Å². The highest BCUT2D eigenvalue weighted by atomic mass is 32.1. The summed E-state index contributed by atoms with van der Waals surface area (Å²) in [6, 6.07) is 6.14. The minimum atomic E-state index is -0.576. The number of nitro groups is 2. The van der Waals surface area contributed by atoms with E-state index in [0.29, 0.717) is 26.8 Å². The van der Waals surface area contributed by atoms with Crippen molar-refractivity contribution in [3.63, 3.8) is 0 Å². The van der Waals surface area contributed by atoms with Crippen molar-refractivity contribution in [2.24, 2.45) is 0 Å². The van der Waals surface area contributed by atoms with Crippen LogP contribution in [-0.2, 0) is 0 Å². The number of carbonyl (C=O) groups is 1. The molecule has 1 N–H and O–H groups in total. The third kappa shape index (κ3) is 3.43. The number of nitrogens with one attached hydrogen (secondary N) is 1. The van der Waals surface area contributed by atoms with E-state index in [1.807, 2.05) is 0 Å². The average molecular weight is 430 g/mol. The van der Waals surface area contributed by atoms with E-state index in [9.17, 15) is 25.0 Å². The van der Waals surface area contributed by atoms with Gasteiger partial charge in [0.25, 0.3) is 11.6 Å². The first-order chi connectivity index (χ1) is 13.8. The third-order valence-electron chi connectivity index (χ3n) is 4.01. The van der Waals surface area contributed by atoms with Gasteiger partial charge in [0.05, 0.1) is 15.5 Å². The molecule has 0 spiro atoms. The first-order valence-electron chi connectivity index (χ1n) is 7.98. The number of nitrogens with zero attached hydrogens (tertiary/aromatic N) is 5. The summed E-state index contributed by atoms with van der Waals surface area (Å²) in [6.45, 7) is 1.74. The second kappa shape index (κ2) is 7.03. The summed E-state index contributed by atoms with van der Waals surface area (Å²) in [5, 5.41) is 24.2. The van der Waals surface area contributed by atoms with Crippen LogP contribution in [0.15, 0.2) is 36.7 Å². The molecule has 29 heavy (non-hydrogen) atoms. The zero-order valence-corrected chi connectivity index (χ0v) is 16.2. The van der Waals surface area contributed by atoms with Crippen LogP contribution >= 0.6 is 22.7 Å². The number of imidazole rings is 1. The Bertz CT molecular complexity index is 1290. The molecular weight excluding hydrogens is 420 g/mol. The number of amides is 1. The zero-order chi connectivity index (χ0) is 20.7. The number of anilines is 1. The number of thiazole rings is 2. The Morgan fingerprint density at radius 3 is 2.66 bits per heavy atom. The predicted molar refractivity (Wildman–Crippen MR) is 107 cm³/mol. The van der Waals surface area contributed by atoms with Gasteiger partial charge in [0, 0.05) is 29.6 Å². The van der Waals surface area contributed by atoms with Gasteiger partial charge in [-0.15, -0.1) is 0 Å². The lowest BCUT2D eigenvalue weighted by Crippen LogP contribution is -2.11. The summed E-state index contributed by atoms with van der Waals surface area (Å²) in [5.41, 5.74) is 1.73. The Labute approximate surface area is 169 Å². The Morgan fingerprint density at radius 2 is 2.00 bits per heavy atom. The number of carbonyl (C=O) groups excluding carboxylic acids is 1. The molecule has 13 heteroatoms. The van der Waals surface area contributed by atoms with Gasteiger partial charge in [0.15, 0.2) is 10.1 Å². The molecule has 0 aliphatic carbocycles. The number of fused-ring (bicyclic) bond motifs is 1. The van der Waals surface area contributed by atoms with Gasteiger partial charge in [0.1, 0.15) is 11.1 Å². The van der Waals surface area contributed by atoms with Gasteiger partial charge in [-0.25, -0.2) is 9.97 Å². The molecule has 11 nitrogen and oxygen atoms in total. The fourth-order valence-corrected chi connectivity index (χ4v) is 4.27. The van der Waals surface area contributed by atoms with E-state index in [2.05, 4.69) is 15.3 Å². The van der Waals surface area contributed by atoms with Crippen LogP contribution < -0.4 is 5.32 Å². The minimum absolute atomic E-state index is 0.0341. The van der Waals surface area contributed by atoms with Crippen molar-refractivity contribution in [1.29, 1.82) is 0 Å². The SMILES string of the molecule is Cc1c(C(=O)Nc2ncc([N+](=O)[O-])s2)sc2nc(-c3cccc([N+](=O)[O-])c3)cn12. The Balaban J connectivity index is 1.62. The molecule has 3 heterocycles. The van der Waals surface area contributed by atoms with Crippen LogP contribution in [0.3, 0.4) is 0 Å². The Morgan fingerprint density at radius 1 is 1.21 bits per heavy atom. The van der Waals surface area contributed by atoms with Gasteiger partial charge in [-0.1, -0.05) is 23.5 Å². The van der Waals surface area contributed by atoms with Gasteiger partial charge < -0.3 is 0 Å². The fourth-order valence-electron chi connectivity index (χ4n) is 2.64. The van der Waals surface area contributed by atoms with E-state index in [-0.39, 0.29) is 15.8 Å². The molecule has 0 aliphatic heterocycles. The number of non-ortho nitro benzene ring substituents is 1. The Kier molecular flexibility index (Phi) is 4.52. The van der Waals surface area contributed by atoms with Crippen LogP contribution in [0.25, 0.3) is 16.2 Å². The van der Waals surface area contributed by atoms with Crippen LogP contribution in [-0.4, -0.2) is 30.1 Å². The van der Waals surface area contributed by atoms with Crippen molar-refractivity contribution in [2.75, 3.05) is 5.32 Å². The predicted octanol–water partition coefficient (Wildman–Crippen LogP) is 3.90. The molecule has 3 aromatic heterocycles. The van der Waals surface area contributed by atoms with Crippen LogP contribution in [0.2, 0.25) is 0 Å². The molecule has 0 aliphatic rings. The summed E-state index contributed by atoms with van der Waals surface area (Å²) >= 11 is 1.91. The standard InChI is InChI=1S/C16H10N6O5S2/c1-8-13(14(23)19-15-17-6-12(28-15)22(26)27)29-16-18-11(7-20(8)16)9-3-2-4-10(5-9)21(24)25/h2-7H,1H3,(H,17,19,23). The number of hydrogen-bond acceptors (Lipinski definition) is 9. The number of aromatic nitrogens is 3. The van der Waals surface area contributed by atoms with Crippen molar-refractivity contribution in [1.82, 2.24) is 14.4 Å². The van der Waals surface area contributed by atoms with Gasteiger partial charge in [-0.05, 0) is 18.3 Å². The highest BCUT2D eigenvalue weighted by molar-refractivity contribution is 7.20. The molecule has 0 bridgehead atoms. The second-order valence-electron chi connectivity index (χ2n) is 5.82. The summed E-state index contributed by atoms with van der Waals surface area (Å²) in [4.78, 5) is 42.4. The van der Waals surface area contributed by atoms with E-state index in [1.165, 1.54) is 12.1 Å². The lowest BCUT2D eigenvalue weighted by Gasteiger charge is -2.00. The number of aryl methyl sites for hydroxylation is 1. The van der Waals surface area contributed by atoms with Crippen molar-refractivity contribution >= 4 is 49.4 Å². The molecule has 0 saturated carbocycles. The summed E-state index contributed by atoms with van der Waals surface area (Å²) in [5.74, 6) is -0.445. The van der Waals surface area contributed by atoms with E-state index in [4.69, 9.17) is 0 Å². The molecule has 0 saturated heterocycles. The molecule has 1 amide bonds. The number of benzene rings is 1. The lowest BCUT2D eigenvalue weighted by molar-refractivity contribution is -0.384. The number of nitro benzene ring substituents is 1. The first kappa shape index (κ1) is 18.6. The maximum absolute atomic E-state index is 12.5. The zero-order valence-electron chi connectivity index (χ0n) is 14.6. The molecule has 1 aromatic carbocycles. The molecule has 4 aromatic rings. The van der Waals surface area contributed by atoms with Crippen LogP contribution in [0.1, 0.15) is 15.4 Å². The molecule has 146 valence electrons. The number of rotatable bonds is 5. The second-order valence-corrected chi connectivity index (χ2v) is 7.80. The van der Waals surface area contributed by atoms with E-state index in [0.717, 1.165) is 28.9 Å². The average Bonchev–Trinajstić information content (AvgIpc) is 3.38. The lowest BCUT2D eigenvalue weighted by atomic mass is 10.1. The molecule has 0 radical (unpaired) electrons. The van der Waals surface area contributed by atoms with Gasteiger partial charge >= 0.3 is 5.00 Å².